The standard InChI is InChI=1S/C15H17N3O2/c16-9-3-6-12-5-1-2-7-13(12)17-14(19)11-18-10-4-8-15(18)20/h1-2,5,7H,4,8-11,16H2,(H,17,19). The van der Waals surface area contributed by atoms with Gasteiger partial charge in [-0.25, -0.2) is 0 Å². The molecule has 0 spiro atoms. The molecule has 1 aliphatic heterocycles. The number of hydrogen-bond donors (Lipinski definition) is 2. The van der Waals surface area contributed by atoms with Gasteiger partial charge in [0.25, 0.3) is 0 Å². The maximum atomic E-state index is 12.0. The summed E-state index contributed by atoms with van der Waals surface area (Å²) < 4.78 is 0. The lowest BCUT2D eigenvalue weighted by Gasteiger charge is -2.15. The molecule has 2 amide bonds. The summed E-state index contributed by atoms with van der Waals surface area (Å²) in [4.78, 5) is 25.0. The first-order valence-electron chi connectivity index (χ1n) is 6.56. The molecule has 1 fully saturated rings. The van der Waals surface area contributed by atoms with Gasteiger partial charge < -0.3 is 16.0 Å². The number of nitrogens with two attached hydrogens (primary N) is 1. The average molecular weight is 271 g/mol. The molecule has 0 aromatic heterocycles. The molecule has 0 aliphatic carbocycles. The van der Waals surface area contributed by atoms with E-state index in [4.69, 9.17) is 5.73 Å². The van der Waals surface area contributed by atoms with Gasteiger partial charge in [-0.1, -0.05) is 24.0 Å². The molecule has 5 nitrogen and oxygen atoms in total. The third kappa shape index (κ3) is 3.59. The molecule has 0 bridgehead atoms. The van der Waals surface area contributed by atoms with Gasteiger partial charge in [0.1, 0.15) is 0 Å². The van der Waals surface area contributed by atoms with Crippen LogP contribution < -0.4 is 11.1 Å². The second-order valence-electron chi connectivity index (χ2n) is 4.52. The number of carbonyl (C=O) groups is 2. The van der Waals surface area contributed by atoms with Gasteiger partial charge in [-0.2, -0.15) is 0 Å². The van der Waals surface area contributed by atoms with Crippen molar-refractivity contribution in [1.82, 2.24) is 4.90 Å². The number of amides is 2. The van der Waals surface area contributed by atoms with Gasteiger partial charge in [-0.05, 0) is 18.6 Å². The fourth-order valence-electron chi connectivity index (χ4n) is 2.08. The zero-order valence-electron chi connectivity index (χ0n) is 11.2. The van der Waals surface area contributed by atoms with Crippen LogP contribution in [0.15, 0.2) is 24.3 Å². The van der Waals surface area contributed by atoms with Crippen LogP contribution >= 0.6 is 0 Å². The number of benzene rings is 1. The van der Waals surface area contributed by atoms with E-state index in [2.05, 4.69) is 17.2 Å². The minimum atomic E-state index is -0.206. The van der Waals surface area contributed by atoms with Crippen molar-refractivity contribution in [3.63, 3.8) is 0 Å². The highest BCUT2D eigenvalue weighted by atomic mass is 16.2. The van der Waals surface area contributed by atoms with E-state index in [1.54, 1.807) is 11.0 Å². The Labute approximate surface area is 118 Å². The highest BCUT2D eigenvalue weighted by Crippen LogP contribution is 2.14. The molecular formula is C15H17N3O2. The van der Waals surface area contributed by atoms with Crippen LogP contribution in [0.2, 0.25) is 0 Å². The van der Waals surface area contributed by atoms with Crippen molar-refractivity contribution in [1.29, 1.82) is 0 Å². The molecule has 20 heavy (non-hydrogen) atoms. The number of nitrogens with one attached hydrogen (secondary N) is 1. The molecule has 1 aromatic rings. The molecule has 1 heterocycles. The van der Waals surface area contributed by atoms with Crippen molar-refractivity contribution in [3.8, 4) is 11.8 Å². The van der Waals surface area contributed by atoms with E-state index in [0.717, 1.165) is 12.0 Å². The van der Waals surface area contributed by atoms with Gasteiger partial charge in [0.15, 0.2) is 0 Å². The molecule has 1 aromatic carbocycles. The van der Waals surface area contributed by atoms with Gasteiger partial charge in [-0.15, -0.1) is 0 Å². The van der Waals surface area contributed by atoms with Gasteiger partial charge in [-0.3, -0.25) is 9.59 Å². The summed E-state index contributed by atoms with van der Waals surface area (Å²) in [5.74, 6) is 5.50. The molecular weight excluding hydrogens is 254 g/mol. The maximum absolute atomic E-state index is 12.0. The molecule has 1 saturated heterocycles. The quantitative estimate of drug-likeness (QED) is 0.789. The molecule has 5 heteroatoms. The Hall–Kier alpha value is -2.32. The van der Waals surface area contributed by atoms with Crippen LogP contribution in [-0.4, -0.2) is 36.3 Å². The number of anilines is 1. The molecule has 1 aliphatic rings. The maximum Gasteiger partial charge on any atom is 0.244 e. The fraction of sp³-hybridized carbons (Fsp3) is 0.333. The van der Waals surface area contributed by atoms with E-state index in [9.17, 15) is 9.59 Å². The van der Waals surface area contributed by atoms with Crippen LogP contribution in [0.5, 0.6) is 0 Å². The summed E-state index contributed by atoms with van der Waals surface area (Å²) >= 11 is 0. The van der Waals surface area contributed by atoms with Gasteiger partial charge in [0.2, 0.25) is 11.8 Å². The largest absolute Gasteiger partial charge is 0.333 e. The number of para-hydroxylation sites is 1. The topological polar surface area (TPSA) is 75.4 Å². The van der Waals surface area contributed by atoms with Crippen molar-refractivity contribution < 1.29 is 9.59 Å². The van der Waals surface area contributed by atoms with Crippen LogP contribution in [0.1, 0.15) is 18.4 Å². The normalized spacial score (nSPS) is 13.8. The molecule has 3 N–H and O–H groups in total. The third-order valence-corrected chi connectivity index (χ3v) is 3.03. The second-order valence-corrected chi connectivity index (χ2v) is 4.52. The Bertz CT molecular complexity index is 572. The minimum absolute atomic E-state index is 0.0383. The summed E-state index contributed by atoms with van der Waals surface area (Å²) in [6, 6.07) is 7.27. The Morgan fingerprint density at radius 2 is 2.20 bits per heavy atom. The van der Waals surface area contributed by atoms with Crippen molar-refractivity contribution in [2.45, 2.75) is 12.8 Å². The molecule has 2 rings (SSSR count). The van der Waals surface area contributed by atoms with Gasteiger partial charge in [0.05, 0.1) is 18.8 Å². The third-order valence-electron chi connectivity index (χ3n) is 3.03. The summed E-state index contributed by atoms with van der Waals surface area (Å²) in [5, 5.41) is 2.79. The van der Waals surface area contributed by atoms with Crippen LogP contribution in [0.3, 0.4) is 0 Å². The van der Waals surface area contributed by atoms with Crippen LogP contribution in [0.4, 0.5) is 5.69 Å². The van der Waals surface area contributed by atoms with E-state index in [1.807, 2.05) is 18.2 Å². The van der Waals surface area contributed by atoms with E-state index in [0.29, 0.717) is 18.7 Å². The number of nitrogens with zero attached hydrogens (tertiary/aromatic N) is 1. The highest BCUT2D eigenvalue weighted by molar-refractivity contribution is 5.95. The first-order valence-corrected chi connectivity index (χ1v) is 6.56. The monoisotopic (exact) mass is 271 g/mol. The molecule has 0 radical (unpaired) electrons. The second kappa shape index (κ2) is 6.73. The molecule has 0 atom stereocenters. The molecule has 104 valence electrons. The zero-order chi connectivity index (χ0) is 14.4. The van der Waals surface area contributed by atoms with Crippen LogP contribution in [0.25, 0.3) is 0 Å². The van der Waals surface area contributed by atoms with Crippen molar-refractivity contribution >= 4 is 17.5 Å². The number of carbonyl (C=O) groups excluding carboxylic acids is 2. The summed E-state index contributed by atoms with van der Waals surface area (Å²) in [6.07, 6.45) is 1.36. The Kier molecular flexibility index (Phi) is 4.75. The lowest BCUT2D eigenvalue weighted by atomic mass is 10.2. The predicted molar refractivity (Wildman–Crippen MR) is 76.8 cm³/mol. The van der Waals surface area contributed by atoms with Crippen molar-refractivity contribution in [3.05, 3.63) is 29.8 Å². The Morgan fingerprint density at radius 3 is 2.90 bits per heavy atom. The first-order chi connectivity index (χ1) is 9.70. The summed E-state index contributed by atoms with van der Waals surface area (Å²) in [6.45, 7) is 1.02. The highest BCUT2D eigenvalue weighted by Gasteiger charge is 2.22. The minimum Gasteiger partial charge on any atom is -0.333 e. The zero-order valence-corrected chi connectivity index (χ0v) is 11.2. The van der Waals surface area contributed by atoms with Gasteiger partial charge >= 0.3 is 0 Å². The van der Waals surface area contributed by atoms with E-state index >= 15 is 0 Å². The predicted octanol–water partition coefficient (Wildman–Crippen LogP) is 0.558. The number of likely N-dealkylation sites (tertiary alicyclic amines) is 1. The fourth-order valence-corrected chi connectivity index (χ4v) is 2.08. The average Bonchev–Trinajstić information content (AvgIpc) is 2.83. The number of hydrogen-bond acceptors (Lipinski definition) is 3. The first kappa shape index (κ1) is 14.1. The molecule has 0 unspecified atom stereocenters. The van der Waals surface area contributed by atoms with E-state index in [-0.39, 0.29) is 24.9 Å². The Morgan fingerprint density at radius 1 is 1.40 bits per heavy atom. The molecule has 0 saturated carbocycles. The van der Waals surface area contributed by atoms with Crippen LogP contribution in [-0.2, 0) is 9.59 Å². The lowest BCUT2D eigenvalue weighted by Crippen LogP contribution is -2.34. The number of rotatable bonds is 3. The SMILES string of the molecule is NCC#Cc1ccccc1NC(=O)CN1CCCC1=O. The summed E-state index contributed by atoms with van der Waals surface area (Å²) in [5.41, 5.74) is 6.71. The summed E-state index contributed by atoms with van der Waals surface area (Å²) in [7, 11) is 0. The van der Waals surface area contributed by atoms with Crippen LogP contribution in [0, 0.1) is 11.8 Å². The Balaban J connectivity index is 2.02. The van der Waals surface area contributed by atoms with Gasteiger partial charge in [0, 0.05) is 18.5 Å². The lowest BCUT2D eigenvalue weighted by molar-refractivity contribution is -0.131. The van der Waals surface area contributed by atoms with E-state index in [1.165, 1.54) is 0 Å². The van der Waals surface area contributed by atoms with Crippen molar-refractivity contribution in [2.75, 3.05) is 25.0 Å². The van der Waals surface area contributed by atoms with E-state index < -0.39 is 0 Å². The van der Waals surface area contributed by atoms with Crippen molar-refractivity contribution in [2.24, 2.45) is 5.73 Å². The smallest absolute Gasteiger partial charge is 0.244 e.